The first-order valence-corrected chi connectivity index (χ1v) is 7.06. The Labute approximate surface area is 107 Å². The summed E-state index contributed by atoms with van der Waals surface area (Å²) < 4.78 is 5.81. The molecule has 1 saturated heterocycles. The molecule has 3 nitrogen and oxygen atoms in total. The largest absolute Gasteiger partial charge is 0.375 e. The molecule has 0 aromatic heterocycles. The third kappa shape index (κ3) is 4.94. The van der Waals surface area contributed by atoms with Gasteiger partial charge in [-0.3, -0.25) is 4.90 Å². The first-order valence-electron chi connectivity index (χ1n) is 7.06. The molecular weight excluding hydrogens is 212 g/mol. The highest BCUT2D eigenvalue weighted by Gasteiger charge is 2.28. The lowest BCUT2D eigenvalue weighted by molar-refractivity contribution is -0.0258. The Morgan fingerprint density at radius 3 is 2.59 bits per heavy atom. The fourth-order valence-corrected chi connectivity index (χ4v) is 2.78. The second-order valence-corrected chi connectivity index (χ2v) is 6.11. The van der Waals surface area contributed by atoms with Crippen LogP contribution < -0.4 is 5.73 Å². The number of hydrogen-bond acceptors (Lipinski definition) is 3. The summed E-state index contributed by atoms with van der Waals surface area (Å²) in [5.41, 5.74) is 5.91. The molecule has 0 saturated carbocycles. The van der Waals surface area contributed by atoms with Gasteiger partial charge in [-0.2, -0.15) is 0 Å². The summed E-state index contributed by atoms with van der Waals surface area (Å²) >= 11 is 0. The van der Waals surface area contributed by atoms with Crippen LogP contribution in [0.25, 0.3) is 0 Å². The van der Waals surface area contributed by atoms with E-state index in [1.165, 1.54) is 25.8 Å². The van der Waals surface area contributed by atoms with Gasteiger partial charge in [0.25, 0.3) is 0 Å². The Kier molecular flexibility index (Phi) is 5.90. The smallest absolute Gasteiger partial charge is 0.0600 e. The minimum Gasteiger partial charge on any atom is -0.375 e. The molecule has 0 radical (unpaired) electrons. The Balaban J connectivity index is 2.40. The van der Waals surface area contributed by atoms with Crippen molar-refractivity contribution in [3.05, 3.63) is 0 Å². The van der Waals surface area contributed by atoms with Gasteiger partial charge >= 0.3 is 0 Å². The highest BCUT2D eigenvalue weighted by molar-refractivity contribution is 4.84. The minimum absolute atomic E-state index is 0.0296. The van der Waals surface area contributed by atoms with Crippen molar-refractivity contribution in [2.24, 2.45) is 11.7 Å². The monoisotopic (exact) mass is 242 g/mol. The zero-order chi connectivity index (χ0) is 12.9. The lowest BCUT2D eigenvalue weighted by Crippen LogP contribution is -2.50. The number of nitrogens with zero attached hydrogens (tertiary/aromatic N) is 1. The molecule has 1 fully saturated rings. The van der Waals surface area contributed by atoms with Crippen molar-refractivity contribution in [1.29, 1.82) is 0 Å². The van der Waals surface area contributed by atoms with E-state index in [9.17, 15) is 0 Å². The zero-order valence-electron chi connectivity index (χ0n) is 12.0. The molecule has 3 heteroatoms. The van der Waals surface area contributed by atoms with Crippen LogP contribution in [-0.2, 0) is 4.74 Å². The SMILES string of the molecule is CCC1CCCN(CCOC(C)(C)C)C1CN. The van der Waals surface area contributed by atoms with E-state index in [2.05, 4.69) is 32.6 Å². The molecule has 0 bridgehead atoms. The molecule has 1 aliphatic heterocycles. The molecule has 102 valence electrons. The van der Waals surface area contributed by atoms with Gasteiger partial charge in [-0.1, -0.05) is 13.3 Å². The Hall–Kier alpha value is -0.120. The Bertz CT molecular complexity index is 213. The first kappa shape index (κ1) is 14.9. The van der Waals surface area contributed by atoms with Gasteiger partial charge in [-0.15, -0.1) is 0 Å². The van der Waals surface area contributed by atoms with Crippen molar-refractivity contribution in [1.82, 2.24) is 4.90 Å². The predicted molar refractivity (Wildman–Crippen MR) is 73.1 cm³/mol. The van der Waals surface area contributed by atoms with Crippen LogP contribution in [0.15, 0.2) is 0 Å². The normalized spacial score (nSPS) is 27.4. The lowest BCUT2D eigenvalue weighted by atomic mass is 9.87. The second-order valence-electron chi connectivity index (χ2n) is 6.11. The average molecular weight is 242 g/mol. The van der Waals surface area contributed by atoms with Crippen LogP contribution in [0.5, 0.6) is 0 Å². The standard InChI is InChI=1S/C14H30N2O/c1-5-12-7-6-8-16(13(12)11-15)9-10-17-14(2,3)4/h12-13H,5-11,15H2,1-4H3. The first-order chi connectivity index (χ1) is 7.98. The molecule has 0 aliphatic carbocycles. The number of piperidine rings is 1. The highest BCUT2D eigenvalue weighted by atomic mass is 16.5. The molecule has 2 N–H and O–H groups in total. The number of ether oxygens (including phenoxy) is 1. The van der Waals surface area contributed by atoms with Crippen molar-refractivity contribution in [2.45, 2.75) is 58.6 Å². The minimum atomic E-state index is -0.0296. The van der Waals surface area contributed by atoms with Crippen LogP contribution in [0.4, 0.5) is 0 Å². The summed E-state index contributed by atoms with van der Waals surface area (Å²) in [5, 5.41) is 0. The van der Waals surface area contributed by atoms with Crippen LogP contribution in [0.2, 0.25) is 0 Å². The molecule has 0 amide bonds. The van der Waals surface area contributed by atoms with Crippen LogP contribution in [0.3, 0.4) is 0 Å². The second kappa shape index (κ2) is 6.72. The number of nitrogens with two attached hydrogens (primary N) is 1. The molecule has 2 atom stereocenters. The molecule has 2 unspecified atom stereocenters. The van der Waals surface area contributed by atoms with Crippen molar-refractivity contribution < 1.29 is 4.74 Å². The number of hydrogen-bond donors (Lipinski definition) is 1. The van der Waals surface area contributed by atoms with Crippen LogP contribution in [0.1, 0.15) is 47.0 Å². The number of rotatable bonds is 5. The molecular formula is C14H30N2O. The van der Waals surface area contributed by atoms with Gasteiger partial charge in [-0.25, -0.2) is 0 Å². The van der Waals surface area contributed by atoms with Crippen molar-refractivity contribution in [3.8, 4) is 0 Å². The fourth-order valence-electron chi connectivity index (χ4n) is 2.78. The van der Waals surface area contributed by atoms with Gasteiger partial charge in [0.15, 0.2) is 0 Å². The van der Waals surface area contributed by atoms with Crippen molar-refractivity contribution in [3.63, 3.8) is 0 Å². The van der Waals surface area contributed by atoms with Gasteiger partial charge in [0.1, 0.15) is 0 Å². The van der Waals surface area contributed by atoms with Crippen LogP contribution >= 0.6 is 0 Å². The maximum absolute atomic E-state index is 5.93. The van der Waals surface area contributed by atoms with Crippen LogP contribution in [0, 0.1) is 5.92 Å². The third-order valence-electron chi connectivity index (χ3n) is 3.71. The molecule has 1 heterocycles. The maximum Gasteiger partial charge on any atom is 0.0600 e. The summed E-state index contributed by atoms with van der Waals surface area (Å²) in [6.45, 7) is 12.4. The topological polar surface area (TPSA) is 38.5 Å². The van der Waals surface area contributed by atoms with E-state index in [0.29, 0.717) is 6.04 Å². The highest BCUT2D eigenvalue weighted by Crippen LogP contribution is 2.25. The predicted octanol–water partition coefficient (Wildman–Crippen LogP) is 2.25. The van der Waals surface area contributed by atoms with Crippen molar-refractivity contribution in [2.75, 3.05) is 26.2 Å². The average Bonchev–Trinajstić information content (AvgIpc) is 2.27. The summed E-state index contributed by atoms with van der Waals surface area (Å²) in [7, 11) is 0. The van der Waals surface area contributed by atoms with Gasteiger partial charge in [0.05, 0.1) is 12.2 Å². The maximum atomic E-state index is 5.93. The fraction of sp³-hybridized carbons (Fsp3) is 1.00. The molecule has 1 rings (SSSR count). The zero-order valence-corrected chi connectivity index (χ0v) is 12.0. The molecule has 17 heavy (non-hydrogen) atoms. The summed E-state index contributed by atoms with van der Waals surface area (Å²) in [6, 6.07) is 0.567. The van der Waals surface area contributed by atoms with E-state index in [1.807, 2.05) is 0 Å². The van der Waals surface area contributed by atoms with E-state index < -0.39 is 0 Å². The van der Waals surface area contributed by atoms with E-state index in [4.69, 9.17) is 10.5 Å². The quantitative estimate of drug-likeness (QED) is 0.803. The summed E-state index contributed by atoms with van der Waals surface area (Å²) in [5.74, 6) is 0.781. The van der Waals surface area contributed by atoms with Gasteiger partial charge in [-0.05, 0) is 46.1 Å². The summed E-state index contributed by atoms with van der Waals surface area (Å²) in [4.78, 5) is 2.53. The Morgan fingerprint density at radius 2 is 2.06 bits per heavy atom. The molecule has 0 aromatic carbocycles. The molecule has 1 aliphatic rings. The van der Waals surface area contributed by atoms with E-state index in [-0.39, 0.29) is 5.60 Å². The number of likely N-dealkylation sites (tertiary alicyclic amines) is 1. The molecule has 0 aromatic rings. The third-order valence-corrected chi connectivity index (χ3v) is 3.71. The van der Waals surface area contributed by atoms with Crippen LogP contribution in [-0.4, -0.2) is 42.8 Å². The summed E-state index contributed by atoms with van der Waals surface area (Å²) in [6.07, 6.45) is 3.90. The van der Waals surface area contributed by atoms with E-state index >= 15 is 0 Å². The van der Waals surface area contributed by atoms with E-state index in [0.717, 1.165) is 25.6 Å². The van der Waals surface area contributed by atoms with Gasteiger partial charge < -0.3 is 10.5 Å². The van der Waals surface area contributed by atoms with Gasteiger partial charge in [0, 0.05) is 19.1 Å². The molecule has 0 spiro atoms. The van der Waals surface area contributed by atoms with E-state index in [1.54, 1.807) is 0 Å². The van der Waals surface area contributed by atoms with Gasteiger partial charge in [0.2, 0.25) is 0 Å². The Morgan fingerprint density at radius 1 is 1.35 bits per heavy atom. The lowest BCUT2D eigenvalue weighted by Gasteiger charge is -2.41. The van der Waals surface area contributed by atoms with Crippen molar-refractivity contribution >= 4 is 0 Å².